The summed E-state index contributed by atoms with van der Waals surface area (Å²) in [6.45, 7) is 3.64. The van der Waals surface area contributed by atoms with E-state index in [1.54, 1.807) is 0 Å². The molecule has 0 aliphatic carbocycles. The number of methoxy groups -OCH3 is 1. The number of pyridine rings is 1. The van der Waals surface area contributed by atoms with Gasteiger partial charge < -0.3 is 14.4 Å². The van der Waals surface area contributed by atoms with Crippen LogP contribution in [0.25, 0.3) is 0 Å². The molecule has 0 spiro atoms. The molecule has 0 amide bonds. The molecule has 18 heavy (non-hydrogen) atoms. The van der Waals surface area contributed by atoms with Crippen molar-refractivity contribution in [2.75, 3.05) is 31.7 Å². The number of aromatic nitrogens is 1. The van der Waals surface area contributed by atoms with E-state index in [2.05, 4.69) is 20.9 Å². The molecule has 1 aliphatic heterocycles. The van der Waals surface area contributed by atoms with Gasteiger partial charge in [-0.3, -0.25) is 0 Å². The number of rotatable bonds is 2. The Hall–Kier alpha value is -1.14. The van der Waals surface area contributed by atoms with Gasteiger partial charge in [-0.2, -0.15) is 0 Å². The zero-order chi connectivity index (χ0) is 13.1. The van der Waals surface area contributed by atoms with Crippen LogP contribution in [0, 0.1) is 6.92 Å². The number of morpholine rings is 1. The van der Waals surface area contributed by atoms with Crippen molar-refractivity contribution in [2.24, 2.45) is 0 Å². The minimum Gasteiger partial charge on any atom is -0.467 e. The second-order valence-corrected chi connectivity index (χ2v) is 5.00. The number of aryl methyl sites for hydroxylation is 1. The molecule has 0 saturated carbocycles. The fourth-order valence-corrected chi connectivity index (χ4v) is 2.59. The maximum absolute atomic E-state index is 11.5. The lowest BCUT2D eigenvalue weighted by Gasteiger charge is -2.32. The van der Waals surface area contributed by atoms with E-state index in [1.807, 2.05) is 24.1 Å². The number of anilines is 1. The molecule has 1 saturated heterocycles. The van der Waals surface area contributed by atoms with Crippen molar-refractivity contribution in [1.29, 1.82) is 0 Å². The SMILES string of the molecule is COC(=O)C1CN(c2ncc(C)cc2Br)CCO1. The highest BCUT2D eigenvalue weighted by Gasteiger charge is 2.28. The largest absolute Gasteiger partial charge is 0.467 e. The fraction of sp³-hybridized carbons (Fsp3) is 0.500. The third-order valence-electron chi connectivity index (χ3n) is 2.79. The van der Waals surface area contributed by atoms with Gasteiger partial charge in [0, 0.05) is 12.7 Å². The normalized spacial score (nSPS) is 19.7. The number of ether oxygens (including phenoxy) is 2. The Kier molecular flexibility index (Phi) is 4.19. The number of carbonyl (C=O) groups excluding carboxylic acids is 1. The first-order valence-corrected chi connectivity index (χ1v) is 6.47. The lowest BCUT2D eigenvalue weighted by atomic mass is 10.2. The Morgan fingerprint density at radius 2 is 2.44 bits per heavy atom. The lowest BCUT2D eigenvalue weighted by molar-refractivity contribution is -0.154. The van der Waals surface area contributed by atoms with Gasteiger partial charge in [0.25, 0.3) is 0 Å². The van der Waals surface area contributed by atoms with E-state index >= 15 is 0 Å². The van der Waals surface area contributed by atoms with E-state index in [1.165, 1.54) is 7.11 Å². The molecular formula is C12H15BrN2O3. The molecule has 0 aromatic carbocycles. The van der Waals surface area contributed by atoms with Crippen molar-refractivity contribution >= 4 is 27.7 Å². The average molecular weight is 315 g/mol. The van der Waals surface area contributed by atoms with E-state index in [0.717, 1.165) is 15.9 Å². The second kappa shape index (κ2) is 5.67. The van der Waals surface area contributed by atoms with Crippen molar-refractivity contribution in [3.63, 3.8) is 0 Å². The summed E-state index contributed by atoms with van der Waals surface area (Å²) in [5, 5.41) is 0. The van der Waals surface area contributed by atoms with Crippen LogP contribution in [0.5, 0.6) is 0 Å². The van der Waals surface area contributed by atoms with Crippen LogP contribution in [-0.4, -0.2) is 43.9 Å². The Morgan fingerprint density at radius 1 is 1.67 bits per heavy atom. The fourth-order valence-electron chi connectivity index (χ4n) is 1.87. The van der Waals surface area contributed by atoms with E-state index in [9.17, 15) is 4.79 Å². The molecule has 1 fully saturated rings. The predicted molar refractivity (Wildman–Crippen MR) is 70.6 cm³/mol. The van der Waals surface area contributed by atoms with Gasteiger partial charge >= 0.3 is 5.97 Å². The summed E-state index contributed by atoms with van der Waals surface area (Å²) in [5.74, 6) is 0.487. The van der Waals surface area contributed by atoms with Crippen LogP contribution >= 0.6 is 15.9 Å². The zero-order valence-electron chi connectivity index (χ0n) is 10.4. The summed E-state index contributed by atoms with van der Waals surface area (Å²) >= 11 is 3.50. The highest BCUT2D eigenvalue weighted by Crippen LogP contribution is 2.26. The van der Waals surface area contributed by atoms with Crippen LogP contribution in [0.4, 0.5) is 5.82 Å². The smallest absolute Gasteiger partial charge is 0.336 e. The summed E-state index contributed by atoms with van der Waals surface area (Å²) < 4.78 is 11.0. The van der Waals surface area contributed by atoms with Gasteiger partial charge in [-0.15, -0.1) is 0 Å². The highest BCUT2D eigenvalue weighted by atomic mass is 79.9. The van der Waals surface area contributed by atoms with Gasteiger partial charge in [0.05, 0.1) is 24.7 Å². The van der Waals surface area contributed by atoms with Gasteiger partial charge in [-0.05, 0) is 34.5 Å². The standard InChI is InChI=1S/C12H15BrN2O3/c1-8-5-9(13)11(14-6-8)15-3-4-18-10(7-15)12(16)17-2/h5-6,10H,3-4,7H2,1-2H3. The van der Waals surface area contributed by atoms with E-state index < -0.39 is 6.10 Å². The predicted octanol–water partition coefficient (Wildman–Crippen LogP) is 1.53. The van der Waals surface area contributed by atoms with Gasteiger partial charge in [0.1, 0.15) is 5.82 Å². The average Bonchev–Trinajstić information content (AvgIpc) is 2.38. The van der Waals surface area contributed by atoms with Crippen LogP contribution < -0.4 is 4.90 Å². The van der Waals surface area contributed by atoms with Crippen molar-refractivity contribution in [3.05, 3.63) is 22.3 Å². The summed E-state index contributed by atoms with van der Waals surface area (Å²) in [6.07, 6.45) is 1.27. The molecule has 0 radical (unpaired) electrons. The summed E-state index contributed by atoms with van der Waals surface area (Å²) in [7, 11) is 1.37. The van der Waals surface area contributed by atoms with Crippen molar-refractivity contribution in [2.45, 2.75) is 13.0 Å². The first-order valence-electron chi connectivity index (χ1n) is 5.68. The molecule has 1 aliphatic rings. The number of esters is 1. The van der Waals surface area contributed by atoms with Gasteiger partial charge in [0.15, 0.2) is 6.10 Å². The number of nitrogens with zero attached hydrogens (tertiary/aromatic N) is 2. The highest BCUT2D eigenvalue weighted by molar-refractivity contribution is 9.10. The van der Waals surface area contributed by atoms with Gasteiger partial charge in [-0.1, -0.05) is 0 Å². The number of carbonyl (C=O) groups is 1. The van der Waals surface area contributed by atoms with Gasteiger partial charge in [0.2, 0.25) is 0 Å². The minimum atomic E-state index is -0.543. The Balaban J connectivity index is 2.15. The monoisotopic (exact) mass is 314 g/mol. The molecule has 1 atom stereocenters. The number of halogens is 1. The summed E-state index contributed by atoms with van der Waals surface area (Å²) in [6, 6.07) is 2.00. The molecule has 0 N–H and O–H groups in total. The quantitative estimate of drug-likeness (QED) is 0.775. The van der Waals surface area contributed by atoms with Crippen molar-refractivity contribution in [3.8, 4) is 0 Å². The molecular weight excluding hydrogens is 300 g/mol. The molecule has 2 heterocycles. The molecule has 1 aromatic heterocycles. The third kappa shape index (κ3) is 2.81. The molecule has 1 unspecified atom stereocenters. The Labute approximate surface area is 114 Å². The molecule has 5 nitrogen and oxygen atoms in total. The molecule has 2 rings (SSSR count). The first kappa shape index (κ1) is 13.3. The zero-order valence-corrected chi connectivity index (χ0v) is 11.9. The van der Waals surface area contributed by atoms with E-state index in [0.29, 0.717) is 19.7 Å². The summed E-state index contributed by atoms with van der Waals surface area (Å²) in [4.78, 5) is 17.9. The molecule has 1 aromatic rings. The number of hydrogen-bond acceptors (Lipinski definition) is 5. The van der Waals surface area contributed by atoms with Crippen LogP contribution in [-0.2, 0) is 14.3 Å². The molecule has 6 heteroatoms. The van der Waals surface area contributed by atoms with E-state index in [4.69, 9.17) is 9.47 Å². The summed E-state index contributed by atoms with van der Waals surface area (Å²) in [5.41, 5.74) is 1.09. The van der Waals surface area contributed by atoms with E-state index in [-0.39, 0.29) is 5.97 Å². The van der Waals surface area contributed by atoms with Crippen molar-refractivity contribution < 1.29 is 14.3 Å². The van der Waals surface area contributed by atoms with Crippen LogP contribution in [0.1, 0.15) is 5.56 Å². The molecule has 0 bridgehead atoms. The maximum Gasteiger partial charge on any atom is 0.336 e. The Bertz CT molecular complexity index is 453. The van der Waals surface area contributed by atoms with Crippen LogP contribution in [0.15, 0.2) is 16.7 Å². The minimum absolute atomic E-state index is 0.345. The second-order valence-electron chi connectivity index (χ2n) is 4.15. The lowest BCUT2D eigenvalue weighted by Crippen LogP contribution is -2.47. The Morgan fingerprint density at radius 3 is 3.11 bits per heavy atom. The van der Waals surface area contributed by atoms with Crippen molar-refractivity contribution in [1.82, 2.24) is 4.98 Å². The maximum atomic E-state index is 11.5. The topological polar surface area (TPSA) is 51.7 Å². The van der Waals surface area contributed by atoms with Gasteiger partial charge in [-0.25, -0.2) is 9.78 Å². The number of hydrogen-bond donors (Lipinski definition) is 0. The molecule has 98 valence electrons. The van der Waals surface area contributed by atoms with Crippen LogP contribution in [0.3, 0.4) is 0 Å². The third-order valence-corrected chi connectivity index (χ3v) is 3.37. The van der Waals surface area contributed by atoms with Crippen LogP contribution in [0.2, 0.25) is 0 Å². The first-order chi connectivity index (χ1) is 8.61.